The first-order valence-electron chi connectivity index (χ1n) is 6.89. The zero-order chi connectivity index (χ0) is 12.4. The molecule has 0 amide bonds. The molecule has 2 aliphatic rings. The maximum atomic E-state index is 5.94. The number of nitrogens with zero attached hydrogens (tertiary/aromatic N) is 1. The highest BCUT2D eigenvalue weighted by Gasteiger charge is 2.36. The Labute approximate surface area is 108 Å². The summed E-state index contributed by atoms with van der Waals surface area (Å²) in [5.41, 5.74) is 0. The van der Waals surface area contributed by atoms with Crippen molar-refractivity contribution in [3.05, 3.63) is 24.2 Å². The number of ether oxygens (including phenoxy) is 2. The molecule has 4 nitrogen and oxygen atoms in total. The Hall–Kier alpha value is -0.840. The van der Waals surface area contributed by atoms with Crippen LogP contribution in [0.1, 0.15) is 31.3 Å². The molecule has 0 aromatic carbocycles. The lowest BCUT2D eigenvalue weighted by molar-refractivity contribution is -0.916. The van der Waals surface area contributed by atoms with Gasteiger partial charge in [0.15, 0.2) is 5.76 Å². The number of quaternary nitrogens is 1. The molecule has 2 aliphatic heterocycles. The van der Waals surface area contributed by atoms with Crippen LogP contribution in [0, 0.1) is 0 Å². The van der Waals surface area contributed by atoms with Gasteiger partial charge in [0.05, 0.1) is 33.0 Å². The molecule has 18 heavy (non-hydrogen) atoms. The summed E-state index contributed by atoms with van der Waals surface area (Å²) in [6.07, 6.45) is 5.61. The Bertz CT molecular complexity index is 370. The van der Waals surface area contributed by atoms with Gasteiger partial charge >= 0.3 is 0 Å². The Balaban J connectivity index is 1.56. The highest BCUT2D eigenvalue weighted by molar-refractivity contribution is 5.00. The highest BCUT2D eigenvalue weighted by Crippen LogP contribution is 2.29. The van der Waals surface area contributed by atoms with E-state index in [0.29, 0.717) is 6.61 Å². The predicted molar refractivity (Wildman–Crippen MR) is 66.9 cm³/mol. The summed E-state index contributed by atoms with van der Waals surface area (Å²) in [4.78, 5) is 0. The summed E-state index contributed by atoms with van der Waals surface area (Å²) in [6, 6.07) is 3.78. The van der Waals surface area contributed by atoms with Crippen molar-refractivity contribution in [1.82, 2.24) is 0 Å². The number of furan rings is 1. The molecule has 3 heterocycles. The smallest absolute Gasteiger partial charge is 0.217 e. The van der Waals surface area contributed by atoms with Gasteiger partial charge in [0.1, 0.15) is 12.6 Å². The predicted octanol–water partition coefficient (Wildman–Crippen LogP) is 2.32. The van der Waals surface area contributed by atoms with Crippen molar-refractivity contribution in [3.8, 4) is 0 Å². The van der Waals surface area contributed by atoms with E-state index in [1.54, 1.807) is 6.26 Å². The molecule has 2 atom stereocenters. The van der Waals surface area contributed by atoms with E-state index in [4.69, 9.17) is 13.9 Å². The number of piperidine rings is 1. The Kier molecular flexibility index (Phi) is 3.41. The van der Waals surface area contributed by atoms with Gasteiger partial charge < -0.3 is 18.4 Å². The number of rotatable bonds is 3. The summed E-state index contributed by atoms with van der Waals surface area (Å²) in [5.74, 6) is 0.777. The Morgan fingerprint density at radius 2 is 2.11 bits per heavy atom. The van der Waals surface area contributed by atoms with Gasteiger partial charge in [-0.15, -0.1) is 0 Å². The van der Waals surface area contributed by atoms with E-state index < -0.39 is 0 Å². The lowest BCUT2D eigenvalue weighted by atomic mass is 10.1. The van der Waals surface area contributed by atoms with Gasteiger partial charge in [-0.1, -0.05) is 0 Å². The number of hydrogen-bond acceptors (Lipinski definition) is 3. The van der Waals surface area contributed by atoms with Crippen LogP contribution < -0.4 is 0 Å². The van der Waals surface area contributed by atoms with Crippen LogP contribution in [0.5, 0.6) is 0 Å². The first kappa shape index (κ1) is 12.2. The molecule has 0 saturated carbocycles. The lowest BCUT2D eigenvalue weighted by Gasteiger charge is -2.39. The number of likely N-dealkylation sites (N-methyl/N-ethyl adjacent to an activating group) is 1. The average Bonchev–Trinajstić information content (AvgIpc) is 2.99. The fraction of sp³-hybridized carbons (Fsp3) is 0.714. The van der Waals surface area contributed by atoms with Crippen molar-refractivity contribution < 1.29 is 18.4 Å². The van der Waals surface area contributed by atoms with Crippen LogP contribution >= 0.6 is 0 Å². The normalized spacial score (nSPS) is 31.6. The standard InChI is InChI=1S/C14H22NO3/c1-15(7-3-2-4-8-15)10-12-11-17-14(18-12)13-6-5-9-16-13/h5-6,9,12,14H,2-4,7-8,10-11H2,1H3/q+1/t12-,14+/m1/s1. The third-order valence-electron chi connectivity index (χ3n) is 4.07. The summed E-state index contributed by atoms with van der Waals surface area (Å²) in [7, 11) is 2.34. The second-order valence-electron chi connectivity index (χ2n) is 5.75. The minimum absolute atomic E-state index is 0.197. The molecule has 0 spiro atoms. The van der Waals surface area contributed by atoms with Crippen molar-refractivity contribution >= 4 is 0 Å². The average molecular weight is 252 g/mol. The molecule has 0 aliphatic carbocycles. The summed E-state index contributed by atoms with van der Waals surface area (Å²) in [6.45, 7) is 4.27. The Morgan fingerprint density at radius 1 is 1.28 bits per heavy atom. The fourth-order valence-corrected chi connectivity index (χ4v) is 3.07. The minimum atomic E-state index is -0.304. The van der Waals surface area contributed by atoms with Gasteiger partial charge in [-0.25, -0.2) is 0 Å². The molecule has 0 N–H and O–H groups in total. The zero-order valence-electron chi connectivity index (χ0n) is 11.0. The van der Waals surface area contributed by atoms with Crippen LogP contribution in [0.15, 0.2) is 22.8 Å². The summed E-state index contributed by atoms with van der Waals surface area (Å²) >= 11 is 0. The second-order valence-corrected chi connectivity index (χ2v) is 5.75. The molecule has 1 aromatic heterocycles. The summed E-state index contributed by atoms with van der Waals surface area (Å²) < 4.78 is 18.1. The number of likely N-dealkylation sites (tertiary alicyclic amines) is 1. The van der Waals surface area contributed by atoms with Crippen LogP contribution in [-0.2, 0) is 9.47 Å². The highest BCUT2D eigenvalue weighted by atomic mass is 16.7. The molecule has 0 unspecified atom stereocenters. The molecular formula is C14H22NO3+. The van der Waals surface area contributed by atoms with Gasteiger partial charge in [-0.3, -0.25) is 0 Å². The van der Waals surface area contributed by atoms with Crippen LogP contribution in [0.2, 0.25) is 0 Å². The van der Waals surface area contributed by atoms with E-state index in [1.165, 1.54) is 32.4 Å². The minimum Gasteiger partial charge on any atom is -0.464 e. The van der Waals surface area contributed by atoms with E-state index in [9.17, 15) is 0 Å². The molecular weight excluding hydrogens is 230 g/mol. The molecule has 1 aromatic rings. The van der Waals surface area contributed by atoms with E-state index in [1.807, 2.05) is 12.1 Å². The fourth-order valence-electron chi connectivity index (χ4n) is 3.07. The van der Waals surface area contributed by atoms with Crippen LogP contribution in [-0.4, -0.2) is 43.9 Å². The third kappa shape index (κ3) is 2.60. The van der Waals surface area contributed by atoms with Crippen molar-refractivity contribution in [2.24, 2.45) is 0 Å². The van der Waals surface area contributed by atoms with E-state index >= 15 is 0 Å². The van der Waals surface area contributed by atoms with Crippen molar-refractivity contribution in [3.63, 3.8) is 0 Å². The van der Waals surface area contributed by atoms with Gasteiger partial charge in [0.25, 0.3) is 0 Å². The molecule has 3 rings (SSSR count). The molecule has 4 heteroatoms. The molecule has 0 radical (unpaired) electrons. The van der Waals surface area contributed by atoms with Gasteiger partial charge in [0, 0.05) is 0 Å². The zero-order valence-corrected chi connectivity index (χ0v) is 11.0. The quantitative estimate of drug-likeness (QED) is 0.774. The van der Waals surface area contributed by atoms with Crippen LogP contribution in [0.3, 0.4) is 0 Å². The van der Waals surface area contributed by atoms with E-state index in [2.05, 4.69) is 7.05 Å². The molecule has 0 bridgehead atoms. The largest absolute Gasteiger partial charge is 0.464 e. The maximum absolute atomic E-state index is 5.94. The van der Waals surface area contributed by atoms with Crippen LogP contribution in [0.4, 0.5) is 0 Å². The van der Waals surface area contributed by atoms with Crippen LogP contribution in [0.25, 0.3) is 0 Å². The molecule has 2 saturated heterocycles. The van der Waals surface area contributed by atoms with E-state index in [-0.39, 0.29) is 12.4 Å². The van der Waals surface area contributed by atoms with Crippen molar-refractivity contribution in [1.29, 1.82) is 0 Å². The van der Waals surface area contributed by atoms with E-state index in [0.717, 1.165) is 16.8 Å². The second kappa shape index (κ2) is 5.03. The Morgan fingerprint density at radius 3 is 2.83 bits per heavy atom. The molecule has 100 valence electrons. The van der Waals surface area contributed by atoms with Gasteiger partial charge in [-0.2, -0.15) is 0 Å². The van der Waals surface area contributed by atoms with Gasteiger partial charge in [-0.05, 0) is 31.4 Å². The molecule has 2 fully saturated rings. The van der Waals surface area contributed by atoms with Crippen molar-refractivity contribution in [2.45, 2.75) is 31.7 Å². The summed E-state index contributed by atoms with van der Waals surface area (Å²) in [5, 5.41) is 0. The first-order valence-corrected chi connectivity index (χ1v) is 6.89. The maximum Gasteiger partial charge on any atom is 0.217 e. The SMILES string of the molecule is C[N+]1(C[C@@H]2CO[C@H](c3ccco3)O2)CCCCC1. The topological polar surface area (TPSA) is 31.6 Å². The first-order chi connectivity index (χ1) is 8.75. The third-order valence-corrected chi connectivity index (χ3v) is 4.07. The monoisotopic (exact) mass is 252 g/mol. The number of hydrogen-bond donors (Lipinski definition) is 0. The van der Waals surface area contributed by atoms with Crippen molar-refractivity contribution in [2.75, 3.05) is 33.3 Å². The lowest BCUT2D eigenvalue weighted by Crippen LogP contribution is -2.52. The van der Waals surface area contributed by atoms with Gasteiger partial charge in [0.2, 0.25) is 6.29 Å².